The molecule has 1 amide bonds. The van der Waals surface area contributed by atoms with Gasteiger partial charge in [0.2, 0.25) is 0 Å². The van der Waals surface area contributed by atoms with E-state index in [9.17, 15) is 14.4 Å². The van der Waals surface area contributed by atoms with Crippen molar-refractivity contribution in [3.63, 3.8) is 0 Å². The van der Waals surface area contributed by atoms with E-state index in [1.807, 2.05) is 0 Å². The fourth-order valence-electron chi connectivity index (χ4n) is 2.36. The summed E-state index contributed by atoms with van der Waals surface area (Å²) >= 11 is 1.06. The monoisotopic (exact) mass is 400 g/mol. The van der Waals surface area contributed by atoms with Crippen LogP contribution in [0.5, 0.6) is 0 Å². The molecule has 1 fully saturated rings. The highest BCUT2D eigenvalue weighted by atomic mass is 32.2. The number of carbonyl (C=O) groups excluding carboxylic acids is 3. The Morgan fingerprint density at radius 2 is 1.93 bits per heavy atom. The molecule has 28 heavy (non-hydrogen) atoms. The van der Waals surface area contributed by atoms with Crippen LogP contribution in [-0.2, 0) is 25.6 Å². The molecule has 0 bridgehead atoms. The zero-order valence-electron chi connectivity index (χ0n) is 15.1. The zero-order valence-corrected chi connectivity index (χ0v) is 15.9. The fourth-order valence-corrected chi connectivity index (χ4v) is 3.31. The normalized spacial score (nSPS) is 16.6. The summed E-state index contributed by atoms with van der Waals surface area (Å²) in [6.07, 6.45) is 2.64. The lowest BCUT2D eigenvalue weighted by atomic mass is 10.2. The quantitative estimate of drug-likeness (QED) is 0.562. The van der Waals surface area contributed by atoms with Crippen molar-refractivity contribution in [3.05, 3.63) is 65.0 Å². The Bertz CT molecular complexity index is 947. The van der Waals surface area contributed by atoms with E-state index in [2.05, 4.69) is 14.5 Å². The second kappa shape index (κ2) is 8.57. The van der Waals surface area contributed by atoms with Gasteiger partial charge < -0.3 is 13.9 Å². The predicted octanol–water partition coefficient (Wildman–Crippen LogP) is 2.89. The highest BCUT2D eigenvalue weighted by Gasteiger charge is 2.34. The summed E-state index contributed by atoms with van der Waals surface area (Å²) in [7, 11) is 2.54. The number of furan rings is 1. The molecule has 144 valence electrons. The summed E-state index contributed by atoms with van der Waals surface area (Å²) in [5, 5.41) is 0.377. The molecule has 0 radical (unpaired) electrons. The van der Waals surface area contributed by atoms with E-state index in [-0.39, 0.29) is 17.4 Å². The Morgan fingerprint density at radius 1 is 1.18 bits per heavy atom. The van der Waals surface area contributed by atoms with Crippen LogP contribution >= 0.6 is 11.8 Å². The van der Waals surface area contributed by atoms with Crippen molar-refractivity contribution in [2.45, 2.75) is 6.54 Å². The molecule has 8 nitrogen and oxygen atoms in total. The van der Waals surface area contributed by atoms with Crippen LogP contribution in [0.1, 0.15) is 16.1 Å². The number of ether oxygens (including phenoxy) is 2. The van der Waals surface area contributed by atoms with Gasteiger partial charge >= 0.3 is 11.9 Å². The maximum absolute atomic E-state index is 12.7. The van der Waals surface area contributed by atoms with E-state index in [0.717, 1.165) is 17.8 Å². The number of thioether (sulfide) groups is 1. The van der Waals surface area contributed by atoms with Crippen molar-refractivity contribution < 1.29 is 28.3 Å². The summed E-state index contributed by atoms with van der Waals surface area (Å²) in [5.74, 6) is -0.886. The highest BCUT2D eigenvalue weighted by molar-refractivity contribution is 8.18. The van der Waals surface area contributed by atoms with Gasteiger partial charge in [-0.25, -0.2) is 14.6 Å². The highest BCUT2D eigenvalue weighted by Crippen LogP contribution is 2.34. The standard InChI is InChI=1S/C19H16N2O6S/c1-25-16(22)10-15-17(23)21(11-14-4-3-9-27-14)19(28-15)20-13-7-5-12(6-8-13)18(24)26-2/h3-10H,11H2,1-2H3/b15-10-,20-19?. The Labute approximate surface area is 164 Å². The smallest absolute Gasteiger partial charge is 0.337 e. The number of amidine groups is 1. The van der Waals surface area contributed by atoms with Crippen molar-refractivity contribution in [3.8, 4) is 0 Å². The summed E-state index contributed by atoms with van der Waals surface area (Å²) in [6.45, 7) is 0.163. The molecule has 1 aliphatic rings. The molecule has 2 aromatic rings. The molecule has 1 saturated heterocycles. The number of carbonyl (C=O) groups is 3. The number of rotatable bonds is 5. The van der Waals surface area contributed by atoms with Crippen LogP contribution in [0.4, 0.5) is 5.69 Å². The van der Waals surface area contributed by atoms with E-state index in [4.69, 9.17) is 4.42 Å². The Morgan fingerprint density at radius 3 is 2.54 bits per heavy atom. The van der Waals surface area contributed by atoms with Gasteiger partial charge in [-0.15, -0.1) is 0 Å². The second-order valence-corrected chi connectivity index (χ2v) is 6.55. The van der Waals surface area contributed by atoms with Gasteiger partial charge in [0.15, 0.2) is 5.17 Å². The van der Waals surface area contributed by atoms with Gasteiger partial charge in [-0.3, -0.25) is 9.69 Å². The van der Waals surface area contributed by atoms with Crippen LogP contribution in [0, 0.1) is 0 Å². The molecule has 0 saturated carbocycles. The third-order valence-corrected chi connectivity index (χ3v) is 4.75. The van der Waals surface area contributed by atoms with Gasteiger partial charge in [0, 0.05) is 6.08 Å². The van der Waals surface area contributed by atoms with Crippen molar-refractivity contribution >= 4 is 40.5 Å². The number of esters is 2. The van der Waals surface area contributed by atoms with Crippen LogP contribution in [0.25, 0.3) is 0 Å². The van der Waals surface area contributed by atoms with Crippen LogP contribution < -0.4 is 0 Å². The average molecular weight is 400 g/mol. The lowest BCUT2D eigenvalue weighted by Crippen LogP contribution is -2.28. The third-order valence-electron chi connectivity index (χ3n) is 3.75. The Hall–Kier alpha value is -3.33. The van der Waals surface area contributed by atoms with Gasteiger partial charge in [0.25, 0.3) is 5.91 Å². The minimum Gasteiger partial charge on any atom is -0.467 e. The van der Waals surface area contributed by atoms with E-state index in [0.29, 0.717) is 22.2 Å². The van der Waals surface area contributed by atoms with Gasteiger partial charge in [-0.05, 0) is 48.2 Å². The predicted molar refractivity (Wildman–Crippen MR) is 102 cm³/mol. The molecule has 0 aliphatic carbocycles. The number of aliphatic imine (C=N–C) groups is 1. The maximum Gasteiger partial charge on any atom is 0.337 e. The van der Waals surface area contributed by atoms with Crippen molar-refractivity contribution in [2.24, 2.45) is 4.99 Å². The first-order chi connectivity index (χ1) is 13.5. The van der Waals surface area contributed by atoms with Crippen molar-refractivity contribution in [1.82, 2.24) is 4.90 Å². The summed E-state index contributed by atoms with van der Waals surface area (Å²) in [6, 6.07) is 9.89. The number of benzene rings is 1. The Kier molecular flexibility index (Phi) is 5.95. The largest absolute Gasteiger partial charge is 0.467 e. The minimum absolute atomic E-state index is 0.163. The summed E-state index contributed by atoms with van der Waals surface area (Å²) < 4.78 is 14.6. The van der Waals surface area contributed by atoms with Gasteiger partial charge in [-0.2, -0.15) is 0 Å². The van der Waals surface area contributed by atoms with Gasteiger partial charge in [-0.1, -0.05) is 0 Å². The third kappa shape index (κ3) is 4.32. The van der Waals surface area contributed by atoms with Crippen LogP contribution in [0.3, 0.4) is 0 Å². The van der Waals surface area contributed by atoms with E-state index in [1.165, 1.54) is 25.4 Å². The van der Waals surface area contributed by atoms with Crippen molar-refractivity contribution in [2.75, 3.05) is 14.2 Å². The maximum atomic E-state index is 12.7. The molecule has 1 aromatic heterocycles. The lowest BCUT2D eigenvalue weighted by molar-refractivity contribution is -0.135. The summed E-state index contributed by atoms with van der Waals surface area (Å²) in [4.78, 5) is 41.9. The van der Waals surface area contributed by atoms with Crippen molar-refractivity contribution in [1.29, 1.82) is 0 Å². The molecule has 0 atom stereocenters. The summed E-state index contributed by atoms with van der Waals surface area (Å²) in [5.41, 5.74) is 0.923. The number of hydrogen-bond acceptors (Lipinski definition) is 8. The number of nitrogens with zero attached hydrogens (tertiary/aromatic N) is 2. The van der Waals surface area contributed by atoms with Gasteiger partial charge in [0.1, 0.15) is 5.76 Å². The van der Waals surface area contributed by atoms with E-state index >= 15 is 0 Å². The zero-order chi connectivity index (χ0) is 20.1. The topological polar surface area (TPSA) is 98.4 Å². The number of amides is 1. The molecule has 9 heteroatoms. The molecule has 3 rings (SSSR count). The lowest BCUT2D eigenvalue weighted by Gasteiger charge is -2.13. The molecule has 2 heterocycles. The fraction of sp³-hybridized carbons (Fsp3) is 0.158. The first-order valence-electron chi connectivity index (χ1n) is 8.10. The van der Waals surface area contributed by atoms with E-state index < -0.39 is 11.9 Å². The first-order valence-corrected chi connectivity index (χ1v) is 8.92. The number of methoxy groups -OCH3 is 2. The van der Waals surface area contributed by atoms with E-state index in [1.54, 1.807) is 36.4 Å². The molecular weight excluding hydrogens is 384 g/mol. The second-order valence-electron chi connectivity index (χ2n) is 5.54. The first kappa shape index (κ1) is 19.4. The Balaban J connectivity index is 1.91. The molecule has 0 spiro atoms. The van der Waals surface area contributed by atoms with Gasteiger partial charge in [0.05, 0.1) is 43.2 Å². The number of hydrogen-bond donors (Lipinski definition) is 0. The van der Waals surface area contributed by atoms with Crippen LogP contribution in [0.15, 0.2) is 63.1 Å². The molecule has 1 aliphatic heterocycles. The van der Waals surface area contributed by atoms with Crippen LogP contribution in [0.2, 0.25) is 0 Å². The average Bonchev–Trinajstić information content (AvgIpc) is 3.32. The molecular formula is C19H16N2O6S. The molecule has 1 aromatic carbocycles. The molecule has 0 unspecified atom stereocenters. The molecule has 0 N–H and O–H groups in total. The van der Waals surface area contributed by atoms with Crippen LogP contribution in [-0.4, -0.2) is 42.1 Å². The SMILES string of the molecule is COC(=O)/C=C1\SC(=Nc2ccc(C(=O)OC)cc2)N(Cc2ccco2)C1=O. The minimum atomic E-state index is -0.627.